The second kappa shape index (κ2) is 4.88. The Balaban J connectivity index is 2.36. The number of likely N-dealkylation sites (N-methyl/N-ethyl adjacent to an activating group) is 1. The van der Waals surface area contributed by atoms with Crippen LogP contribution in [-0.2, 0) is 0 Å². The number of benzene rings is 1. The Bertz CT molecular complexity index is 519. The molecule has 1 aromatic carbocycles. The molecule has 5 heteroatoms. The predicted molar refractivity (Wildman–Crippen MR) is 62.2 cm³/mol. The maximum atomic E-state index is 12.8. The first-order chi connectivity index (χ1) is 8.22. The molecule has 0 atom stereocenters. The minimum atomic E-state index is -0.309. The van der Waals surface area contributed by atoms with Gasteiger partial charge in [-0.25, -0.2) is 4.39 Å². The van der Waals surface area contributed by atoms with Gasteiger partial charge in [-0.15, -0.1) is 0 Å². The van der Waals surface area contributed by atoms with Crippen molar-refractivity contribution in [3.8, 4) is 11.3 Å². The minimum absolute atomic E-state index is 0.0550. The van der Waals surface area contributed by atoms with Crippen LogP contribution in [0, 0.1) is 5.82 Å². The molecule has 0 aliphatic heterocycles. The van der Waals surface area contributed by atoms with Gasteiger partial charge in [-0.3, -0.25) is 9.89 Å². The van der Waals surface area contributed by atoms with Gasteiger partial charge >= 0.3 is 0 Å². The molecule has 1 heterocycles. The minimum Gasteiger partial charge on any atom is -0.313 e. The zero-order chi connectivity index (χ0) is 12.3. The molecule has 0 aliphatic carbocycles. The summed E-state index contributed by atoms with van der Waals surface area (Å²) in [6, 6.07) is 5.92. The fraction of sp³-hybridized carbons (Fsp3) is 0.167. The third-order valence-corrected chi connectivity index (χ3v) is 2.41. The largest absolute Gasteiger partial charge is 0.313 e. The summed E-state index contributed by atoms with van der Waals surface area (Å²) < 4.78 is 12.8. The SMILES string of the molecule is CNCC(=O)c1cn[nH]c1-c1ccc(F)cc1. The van der Waals surface area contributed by atoms with E-state index in [4.69, 9.17) is 0 Å². The molecular weight excluding hydrogens is 221 g/mol. The molecule has 4 nitrogen and oxygen atoms in total. The van der Waals surface area contributed by atoms with Crippen LogP contribution >= 0.6 is 0 Å². The Morgan fingerprint density at radius 3 is 2.76 bits per heavy atom. The number of hydrogen-bond acceptors (Lipinski definition) is 3. The van der Waals surface area contributed by atoms with Crippen molar-refractivity contribution in [2.75, 3.05) is 13.6 Å². The van der Waals surface area contributed by atoms with E-state index < -0.39 is 0 Å². The monoisotopic (exact) mass is 233 g/mol. The van der Waals surface area contributed by atoms with Gasteiger partial charge in [-0.2, -0.15) is 5.10 Å². The van der Waals surface area contributed by atoms with Gasteiger partial charge < -0.3 is 5.32 Å². The maximum absolute atomic E-state index is 12.8. The number of ketones is 1. The molecule has 0 bridgehead atoms. The van der Waals surface area contributed by atoms with Crippen LogP contribution in [0.2, 0.25) is 0 Å². The first kappa shape index (κ1) is 11.5. The van der Waals surface area contributed by atoms with Crippen molar-refractivity contribution >= 4 is 5.78 Å². The number of carbonyl (C=O) groups excluding carboxylic acids is 1. The molecule has 0 spiro atoms. The average Bonchev–Trinajstić information content (AvgIpc) is 2.79. The second-order valence-corrected chi connectivity index (χ2v) is 3.62. The standard InChI is InChI=1S/C12H12FN3O/c1-14-7-11(17)10-6-15-16-12(10)8-2-4-9(13)5-3-8/h2-6,14H,7H2,1H3,(H,15,16). The summed E-state index contributed by atoms with van der Waals surface area (Å²) in [4.78, 5) is 11.8. The van der Waals surface area contributed by atoms with Crippen LogP contribution in [0.4, 0.5) is 4.39 Å². The maximum Gasteiger partial charge on any atom is 0.180 e. The van der Waals surface area contributed by atoms with Gasteiger partial charge in [0.05, 0.1) is 24.0 Å². The molecule has 0 radical (unpaired) electrons. The quantitative estimate of drug-likeness (QED) is 0.789. The highest BCUT2D eigenvalue weighted by Crippen LogP contribution is 2.21. The van der Waals surface area contributed by atoms with E-state index in [1.807, 2.05) is 0 Å². The lowest BCUT2D eigenvalue weighted by atomic mass is 10.1. The number of carbonyl (C=O) groups is 1. The number of hydrogen-bond donors (Lipinski definition) is 2. The van der Waals surface area contributed by atoms with Crippen molar-refractivity contribution in [2.45, 2.75) is 0 Å². The first-order valence-electron chi connectivity index (χ1n) is 5.19. The summed E-state index contributed by atoms with van der Waals surface area (Å²) in [6.45, 7) is 0.244. The Labute approximate surface area is 97.9 Å². The lowest BCUT2D eigenvalue weighted by molar-refractivity contribution is 0.0994. The summed E-state index contributed by atoms with van der Waals surface area (Å²) in [5.41, 5.74) is 1.86. The third kappa shape index (κ3) is 2.39. The molecule has 0 amide bonds. The normalized spacial score (nSPS) is 10.5. The molecule has 0 aliphatic rings. The zero-order valence-electron chi connectivity index (χ0n) is 9.33. The lowest BCUT2D eigenvalue weighted by Crippen LogP contribution is -2.18. The van der Waals surface area contributed by atoms with Crippen LogP contribution in [-0.4, -0.2) is 29.6 Å². The van der Waals surface area contributed by atoms with E-state index in [0.29, 0.717) is 11.3 Å². The van der Waals surface area contributed by atoms with Crippen LogP contribution in [0.5, 0.6) is 0 Å². The molecule has 1 aromatic heterocycles. The van der Waals surface area contributed by atoms with Gasteiger partial charge in [0.2, 0.25) is 0 Å². The number of nitrogens with zero attached hydrogens (tertiary/aromatic N) is 1. The van der Waals surface area contributed by atoms with E-state index in [1.54, 1.807) is 19.2 Å². The number of aromatic amines is 1. The molecule has 2 rings (SSSR count). The number of H-pyrrole nitrogens is 1. The highest BCUT2D eigenvalue weighted by Gasteiger charge is 2.14. The van der Waals surface area contributed by atoms with Gasteiger partial charge in [0.1, 0.15) is 5.82 Å². The molecule has 2 N–H and O–H groups in total. The van der Waals surface area contributed by atoms with E-state index in [9.17, 15) is 9.18 Å². The molecule has 0 saturated heterocycles. The van der Waals surface area contributed by atoms with Crippen molar-refractivity contribution in [1.82, 2.24) is 15.5 Å². The van der Waals surface area contributed by atoms with E-state index >= 15 is 0 Å². The number of Topliss-reactive ketones (excluding diaryl/α,β-unsaturated/α-hetero) is 1. The van der Waals surface area contributed by atoms with Crippen molar-refractivity contribution in [3.63, 3.8) is 0 Å². The van der Waals surface area contributed by atoms with Gasteiger partial charge in [0.15, 0.2) is 5.78 Å². The Kier molecular flexibility index (Phi) is 3.30. The van der Waals surface area contributed by atoms with Crippen LogP contribution < -0.4 is 5.32 Å². The average molecular weight is 233 g/mol. The van der Waals surface area contributed by atoms with Crippen molar-refractivity contribution in [2.24, 2.45) is 0 Å². The van der Waals surface area contributed by atoms with Crippen molar-refractivity contribution in [1.29, 1.82) is 0 Å². The van der Waals surface area contributed by atoms with Gasteiger partial charge in [-0.05, 0) is 31.3 Å². The van der Waals surface area contributed by atoms with Gasteiger partial charge in [-0.1, -0.05) is 0 Å². The number of nitrogens with one attached hydrogen (secondary N) is 2. The van der Waals surface area contributed by atoms with E-state index in [-0.39, 0.29) is 18.1 Å². The number of aromatic nitrogens is 2. The molecule has 0 saturated carbocycles. The summed E-state index contributed by atoms with van der Waals surface area (Å²) in [5.74, 6) is -0.364. The van der Waals surface area contributed by atoms with Crippen LogP contribution in [0.1, 0.15) is 10.4 Å². The van der Waals surface area contributed by atoms with Crippen molar-refractivity contribution < 1.29 is 9.18 Å². The molecule has 88 valence electrons. The highest BCUT2D eigenvalue weighted by atomic mass is 19.1. The zero-order valence-corrected chi connectivity index (χ0v) is 9.33. The van der Waals surface area contributed by atoms with E-state index in [2.05, 4.69) is 15.5 Å². The summed E-state index contributed by atoms with van der Waals surface area (Å²) in [5, 5.41) is 9.41. The number of rotatable bonds is 4. The molecule has 0 unspecified atom stereocenters. The third-order valence-electron chi connectivity index (χ3n) is 2.41. The van der Waals surface area contributed by atoms with Gasteiger partial charge in [0.25, 0.3) is 0 Å². The Hall–Kier alpha value is -2.01. The number of halogens is 1. The predicted octanol–water partition coefficient (Wildman–Crippen LogP) is 1.62. The topological polar surface area (TPSA) is 57.8 Å². The summed E-state index contributed by atoms with van der Waals surface area (Å²) in [7, 11) is 1.70. The first-order valence-corrected chi connectivity index (χ1v) is 5.19. The molecule has 17 heavy (non-hydrogen) atoms. The van der Waals surface area contributed by atoms with Crippen LogP contribution in [0.3, 0.4) is 0 Å². The molecular formula is C12H12FN3O. The fourth-order valence-electron chi connectivity index (χ4n) is 1.59. The van der Waals surface area contributed by atoms with Crippen molar-refractivity contribution in [3.05, 3.63) is 41.8 Å². The van der Waals surface area contributed by atoms with E-state index in [0.717, 1.165) is 5.56 Å². The Morgan fingerprint density at radius 1 is 1.41 bits per heavy atom. The smallest absolute Gasteiger partial charge is 0.180 e. The second-order valence-electron chi connectivity index (χ2n) is 3.62. The fourth-order valence-corrected chi connectivity index (χ4v) is 1.59. The van der Waals surface area contributed by atoms with Gasteiger partial charge in [0, 0.05) is 5.56 Å². The van der Waals surface area contributed by atoms with Crippen LogP contribution in [0.15, 0.2) is 30.5 Å². The Morgan fingerprint density at radius 2 is 2.12 bits per heavy atom. The highest BCUT2D eigenvalue weighted by molar-refractivity contribution is 6.02. The molecule has 2 aromatic rings. The van der Waals surface area contributed by atoms with E-state index in [1.165, 1.54) is 18.3 Å². The lowest BCUT2D eigenvalue weighted by Gasteiger charge is -2.02. The van der Waals surface area contributed by atoms with Crippen LogP contribution in [0.25, 0.3) is 11.3 Å². The molecule has 0 fully saturated rings. The summed E-state index contributed by atoms with van der Waals surface area (Å²) >= 11 is 0. The summed E-state index contributed by atoms with van der Waals surface area (Å²) in [6.07, 6.45) is 1.48.